The summed E-state index contributed by atoms with van der Waals surface area (Å²) in [5, 5.41) is 12.9. The van der Waals surface area contributed by atoms with Crippen LogP contribution in [0, 0.1) is 5.41 Å². The standard InChI is InChI=1S/C28H32F3N3O4/c1-25(2)15-19(16-26(3,4)38-25)34-22-10-5-17(14-27(11-12-27)23(35)36)13-21(22)33-24(34)32-18-6-8-20(9-7-18)37-28(29,30)31/h5-10,13,19H,11-12,14-16H2,1-4H3,(H,32,33)(H,35,36). The molecule has 3 aromatic rings. The number of ether oxygens (including phenoxy) is 2. The molecule has 1 saturated carbocycles. The van der Waals surface area contributed by atoms with Gasteiger partial charge in [0, 0.05) is 11.7 Å². The van der Waals surface area contributed by atoms with E-state index < -0.39 is 17.7 Å². The summed E-state index contributed by atoms with van der Waals surface area (Å²) in [5.74, 6) is -0.517. The Morgan fingerprint density at radius 1 is 1.11 bits per heavy atom. The summed E-state index contributed by atoms with van der Waals surface area (Å²) in [4.78, 5) is 16.6. The van der Waals surface area contributed by atoms with E-state index in [-0.39, 0.29) is 23.0 Å². The summed E-state index contributed by atoms with van der Waals surface area (Å²) >= 11 is 0. The molecule has 0 atom stereocenters. The molecule has 1 aliphatic heterocycles. The van der Waals surface area contributed by atoms with E-state index in [4.69, 9.17) is 9.72 Å². The number of hydrogen-bond donors (Lipinski definition) is 2. The van der Waals surface area contributed by atoms with Crippen molar-refractivity contribution in [3.8, 4) is 5.75 Å². The zero-order chi connectivity index (χ0) is 27.5. The van der Waals surface area contributed by atoms with Gasteiger partial charge in [-0.3, -0.25) is 4.79 Å². The average Bonchev–Trinajstić information content (AvgIpc) is 3.46. The van der Waals surface area contributed by atoms with E-state index in [1.54, 1.807) is 0 Å². The van der Waals surface area contributed by atoms with Crippen LogP contribution in [0.2, 0.25) is 0 Å². The lowest BCUT2D eigenvalue weighted by atomic mass is 9.85. The van der Waals surface area contributed by atoms with Crippen LogP contribution in [0.3, 0.4) is 0 Å². The Morgan fingerprint density at radius 2 is 1.74 bits per heavy atom. The molecule has 7 nitrogen and oxygen atoms in total. The molecule has 0 bridgehead atoms. The van der Waals surface area contributed by atoms with Crippen molar-refractivity contribution < 1.29 is 32.5 Å². The highest BCUT2D eigenvalue weighted by Crippen LogP contribution is 2.49. The maximum Gasteiger partial charge on any atom is 0.573 e. The molecule has 2 aliphatic rings. The molecule has 1 aromatic heterocycles. The average molecular weight is 532 g/mol. The highest BCUT2D eigenvalue weighted by atomic mass is 19.4. The van der Waals surface area contributed by atoms with Crippen molar-refractivity contribution in [1.82, 2.24) is 9.55 Å². The van der Waals surface area contributed by atoms with Gasteiger partial charge in [-0.15, -0.1) is 13.2 Å². The van der Waals surface area contributed by atoms with Crippen LogP contribution in [0.25, 0.3) is 11.0 Å². The van der Waals surface area contributed by atoms with E-state index in [2.05, 4.69) is 42.3 Å². The minimum Gasteiger partial charge on any atom is -0.481 e. The number of fused-ring (bicyclic) bond motifs is 1. The fourth-order valence-electron chi connectivity index (χ4n) is 5.81. The third kappa shape index (κ3) is 5.60. The van der Waals surface area contributed by atoms with Crippen molar-refractivity contribution in [2.24, 2.45) is 5.41 Å². The Kier molecular flexibility index (Phi) is 6.17. The van der Waals surface area contributed by atoms with E-state index in [1.807, 2.05) is 18.2 Å². The Hall–Kier alpha value is -3.27. The third-order valence-corrected chi connectivity index (χ3v) is 7.32. The molecule has 5 rings (SSSR count). The second kappa shape index (κ2) is 8.90. The minimum absolute atomic E-state index is 0.0359. The van der Waals surface area contributed by atoms with Gasteiger partial charge < -0.3 is 24.5 Å². The fraction of sp³-hybridized carbons (Fsp3) is 0.500. The van der Waals surface area contributed by atoms with Gasteiger partial charge in [0.15, 0.2) is 0 Å². The van der Waals surface area contributed by atoms with Gasteiger partial charge in [0.1, 0.15) is 5.75 Å². The molecule has 2 aromatic carbocycles. The number of carbonyl (C=O) groups is 1. The van der Waals surface area contributed by atoms with E-state index in [1.165, 1.54) is 24.3 Å². The number of nitrogens with one attached hydrogen (secondary N) is 1. The maximum absolute atomic E-state index is 12.6. The highest BCUT2D eigenvalue weighted by Gasteiger charge is 2.50. The van der Waals surface area contributed by atoms with Gasteiger partial charge in [0.2, 0.25) is 5.95 Å². The second-order valence-corrected chi connectivity index (χ2v) is 11.8. The third-order valence-electron chi connectivity index (χ3n) is 7.32. The van der Waals surface area contributed by atoms with Gasteiger partial charge in [-0.2, -0.15) is 0 Å². The minimum atomic E-state index is -4.76. The van der Waals surface area contributed by atoms with Crippen molar-refractivity contribution in [2.75, 3.05) is 5.32 Å². The van der Waals surface area contributed by atoms with Crippen molar-refractivity contribution in [3.63, 3.8) is 0 Å². The lowest BCUT2D eigenvalue weighted by Gasteiger charge is -2.46. The summed E-state index contributed by atoms with van der Waals surface area (Å²) in [6.45, 7) is 8.24. The Balaban J connectivity index is 1.52. The number of halogens is 3. The molecule has 1 aliphatic carbocycles. The largest absolute Gasteiger partial charge is 0.573 e. The molecule has 0 amide bonds. The number of imidazole rings is 1. The maximum atomic E-state index is 12.6. The zero-order valence-electron chi connectivity index (χ0n) is 21.9. The van der Waals surface area contributed by atoms with E-state index in [0.29, 0.717) is 30.9 Å². The van der Waals surface area contributed by atoms with Crippen LogP contribution < -0.4 is 10.1 Å². The topological polar surface area (TPSA) is 85.6 Å². The second-order valence-electron chi connectivity index (χ2n) is 11.8. The molecular formula is C28H32F3N3O4. The van der Waals surface area contributed by atoms with E-state index >= 15 is 0 Å². The van der Waals surface area contributed by atoms with Crippen molar-refractivity contribution in [1.29, 1.82) is 0 Å². The summed E-state index contributed by atoms with van der Waals surface area (Å²) in [7, 11) is 0. The number of hydrogen-bond acceptors (Lipinski definition) is 5. The lowest BCUT2D eigenvalue weighted by Crippen LogP contribution is -2.45. The summed E-state index contributed by atoms with van der Waals surface area (Å²) in [5.41, 5.74) is 1.65. The first kappa shape index (κ1) is 26.3. The molecule has 0 radical (unpaired) electrons. The number of benzene rings is 2. The molecule has 0 spiro atoms. The first-order chi connectivity index (χ1) is 17.6. The Morgan fingerprint density at radius 3 is 2.29 bits per heavy atom. The van der Waals surface area contributed by atoms with Crippen molar-refractivity contribution in [3.05, 3.63) is 48.0 Å². The zero-order valence-corrected chi connectivity index (χ0v) is 21.9. The van der Waals surface area contributed by atoms with Gasteiger partial charge >= 0.3 is 12.3 Å². The Labute approximate surface area is 219 Å². The number of carboxylic acids is 1. The SMILES string of the molecule is CC1(C)CC(n2c(Nc3ccc(OC(F)(F)F)cc3)nc3cc(CC4(C(=O)O)CC4)ccc32)CC(C)(C)O1. The van der Waals surface area contributed by atoms with Crippen molar-refractivity contribution in [2.45, 2.75) is 83.4 Å². The quantitative estimate of drug-likeness (QED) is 0.342. The van der Waals surface area contributed by atoms with Crippen LogP contribution in [0.1, 0.15) is 65.0 Å². The molecule has 2 heterocycles. The predicted molar refractivity (Wildman–Crippen MR) is 137 cm³/mol. The molecular weight excluding hydrogens is 499 g/mol. The molecule has 2 N–H and O–H groups in total. The van der Waals surface area contributed by atoms with Crippen LogP contribution >= 0.6 is 0 Å². The van der Waals surface area contributed by atoms with E-state index in [9.17, 15) is 23.1 Å². The van der Waals surface area contributed by atoms with Gasteiger partial charge in [-0.25, -0.2) is 4.98 Å². The van der Waals surface area contributed by atoms with E-state index in [0.717, 1.165) is 29.4 Å². The number of anilines is 2. The number of nitrogens with zero attached hydrogens (tertiary/aromatic N) is 2. The van der Waals surface area contributed by atoms with Crippen LogP contribution in [0.15, 0.2) is 42.5 Å². The normalized spacial score (nSPS) is 20.3. The molecule has 2 fully saturated rings. The lowest BCUT2D eigenvalue weighted by molar-refractivity contribution is -0.274. The van der Waals surface area contributed by atoms with Crippen LogP contribution in [0.5, 0.6) is 5.75 Å². The number of alkyl halides is 3. The van der Waals surface area contributed by atoms with Crippen LogP contribution in [-0.2, 0) is 16.0 Å². The van der Waals surface area contributed by atoms with Crippen molar-refractivity contribution >= 4 is 28.6 Å². The van der Waals surface area contributed by atoms with Crippen LogP contribution in [0.4, 0.5) is 24.8 Å². The van der Waals surface area contributed by atoms with Crippen LogP contribution in [-0.4, -0.2) is 38.2 Å². The number of rotatable bonds is 7. The molecule has 1 saturated heterocycles. The highest BCUT2D eigenvalue weighted by molar-refractivity contribution is 5.82. The van der Waals surface area contributed by atoms with Gasteiger partial charge in [-0.05, 0) is 102 Å². The van der Waals surface area contributed by atoms with Gasteiger partial charge in [0.05, 0.1) is 27.7 Å². The molecule has 0 unspecified atom stereocenters. The predicted octanol–water partition coefficient (Wildman–Crippen LogP) is 6.99. The summed E-state index contributed by atoms with van der Waals surface area (Å²) < 4.78 is 50.2. The number of aliphatic carboxylic acids is 1. The summed E-state index contributed by atoms with van der Waals surface area (Å²) in [6, 6.07) is 11.5. The molecule has 10 heteroatoms. The first-order valence-corrected chi connectivity index (χ1v) is 12.7. The number of aromatic nitrogens is 2. The molecule has 204 valence electrons. The Bertz CT molecular complexity index is 1340. The molecule has 38 heavy (non-hydrogen) atoms. The van der Waals surface area contributed by atoms with Gasteiger partial charge in [0.25, 0.3) is 0 Å². The monoisotopic (exact) mass is 531 g/mol. The number of carboxylic acid groups (broad SMARTS) is 1. The first-order valence-electron chi connectivity index (χ1n) is 12.7. The fourth-order valence-corrected chi connectivity index (χ4v) is 5.81. The van der Waals surface area contributed by atoms with Gasteiger partial charge in [-0.1, -0.05) is 6.07 Å². The summed E-state index contributed by atoms with van der Waals surface area (Å²) in [6.07, 6.45) is -1.50. The smallest absolute Gasteiger partial charge is 0.481 e.